The van der Waals surface area contributed by atoms with E-state index in [9.17, 15) is 9.59 Å². The summed E-state index contributed by atoms with van der Waals surface area (Å²) in [6, 6.07) is 0. The third kappa shape index (κ3) is 35.6. The highest BCUT2D eigenvalue weighted by Crippen LogP contribution is 2.15. The van der Waals surface area contributed by atoms with Crippen LogP contribution in [0.4, 0.5) is 0 Å². The van der Waals surface area contributed by atoms with Crippen LogP contribution in [0, 0.1) is 0 Å². The number of aliphatic carboxylic acids is 1. The van der Waals surface area contributed by atoms with Gasteiger partial charge in [-0.05, 0) is 89.5 Å². The Bertz CT molecular complexity index is 903. The number of hydrogen-bond donors (Lipinski definition) is 1. The van der Waals surface area contributed by atoms with Crippen molar-refractivity contribution in [3.05, 3.63) is 85.1 Å². The van der Waals surface area contributed by atoms with Gasteiger partial charge in [0.05, 0.1) is 0 Å². The van der Waals surface area contributed by atoms with Gasteiger partial charge in [0.1, 0.15) is 6.10 Å². The maximum absolute atomic E-state index is 12.6. The molecule has 0 aromatic heterocycles. The van der Waals surface area contributed by atoms with Crippen LogP contribution in [0.25, 0.3) is 0 Å². The standard InChI is InChI=1S/C42H68O4/c1-3-5-7-9-11-13-14-15-16-17-18-19-20-21-22-23-25-31-35-39-42(45)46-40(36-32-28-24-12-10-8-6-4-2)37-33-29-26-27-30-34-38-41(43)44/h5-8,11-13,15-16,18-19,24,32,36,40H,3-4,9-10,14,17,20-23,25-31,33-35,37-39H2,1-2H3,(H,43,44)/b7-5-,8-6-,13-11-,16-15-,19-18-,24-12-,36-32-. The van der Waals surface area contributed by atoms with Crippen LogP contribution >= 0.6 is 0 Å². The third-order valence-electron chi connectivity index (χ3n) is 7.60. The number of carbonyl (C=O) groups is 2. The molecular weight excluding hydrogens is 568 g/mol. The van der Waals surface area contributed by atoms with Gasteiger partial charge >= 0.3 is 11.9 Å². The molecule has 0 spiro atoms. The Balaban J connectivity index is 4.11. The van der Waals surface area contributed by atoms with Crippen molar-refractivity contribution in [3.8, 4) is 0 Å². The summed E-state index contributed by atoms with van der Waals surface area (Å²) in [4.78, 5) is 23.2. The molecule has 260 valence electrons. The maximum Gasteiger partial charge on any atom is 0.306 e. The van der Waals surface area contributed by atoms with Gasteiger partial charge in [-0.25, -0.2) is 0 Å². The number of carboxylic acid groups (broad SMARTS) is 1. The van der Waals surface area contributed by atoms with Crippen molar-refractivity contribution in [3.63, 3.8) is 0 Å². The molecule has 0 saturated heterocycles. The number of esters is 1. The van der Waals surface area contributed by atoms with E-state index >= 15 is 0 Å². The Morgan fingerprint density at radius 3 is 1.43 bits per heavy atom. The van der Waals surface area contributed by atoms with Gasteiger partial charge in [0.15, 0.2) is 0 Å². The maximum atomic E-state index is 12.6. The summed E-state index contributed by atoms with van der Waals surface area (Å²) in [5.41, 5.74) is 0. The number of hydrogen-bond acceptors (Lipinski definition) is 3. The van der Waals surface area contributed by atoms with Gasteiger partial charge < -0.3 is 9.84 Å². The fourth-order valence-electron chi connectivity index (χ4n) is 4.93. The highest BCUT2D eigenvalue weighted by Gasteiger charge is 2.11. The number of unbranched alkanes of at least 4 members (excludes halogenated alkanes) is 11. The van der Waals surface area contributed by atoms with Crippen molar-refractivity contribution in [1.29, 1.82) is 0 Å². The first-order valence-corrected chi connectivity index (χ1v) is 18.6. The minimum atomic E-state index is -0.711. The first-order chi connectivity index (χ1) is 22.6. The molecule has 0 heterocycles. The summed E-state index contributed by atoms with van der Waals surface area (Å²) in [6.45, 7) is 4.30. The number of rotatable bonds is 32. The minimum Gasteiger partial charge on any atom is -0.481 e. The second kappa shape index (κ2) is 36.6. The van der Waals surface area contributed by atoms with Crippen molar-refractivity contribution in [2.24, 2.45) is 0 Å². The Morgan fingerprint density at radius 1 is 0.500 bits per heavy atom. The summed E-state index contributed by atoms with van der Waals surface area (Å²) >= 11 is 0. The molecule has 1 atom stereocenters. The number of carboxylic acids is 1. The van der Waals surface area contributed by atoms with Crippen LogP contribution in [-0.2, 0) is 14.3 Å². The van der Waals surface area contributed by atoms with E-state index < -0.39 is 5.97 Å². The van der Waals surface area contributed by atoms with Gasteiger partial charge in [0.25, 0.3) is 0 Å². The van der Waals surface area contributed by atoms with Gasteiger partial charge in [-0.1, -0.05) is 144 Å². The summed E-state index contributed by atoms with van der Waals surface area (Å²) in [6.07, 6.45) is 53.3. The Morgan fingerprint density at radius 2 is 0.913 bits per heavy atom. The lowest BCUT2D eigenvalue weighted by Crippen LogP contribution is -2.16. The lowest BCUT2D eigenvalue weighted by molar-refractivity contribution is -0.147. The van der Waals surface area contributed by atoms with Crippen LogP contribution in [0.15, 0.2) is 85.1 Å². The molecule has 0 radical (unpaired) electrons. The highest BCUT2D eigenvalue weighted by molar-refractivity contribution is 5.69. The molecule has 1 unspecified atom stereocenters. The van der Waals surface area contributed by atoms with Crippen molar-refractivity contribution in [1.82, 2.24) is 0 Å². The molecule has 0 aromatic carbocycles. The fourth-order valence-corrected chi connectivity index (χ4v) is 4.93. The molecule has 1 N–H and O–H groups in total. The quantitative estimate of drug-likeness (QED) is 0.0453. The SMILES string of the molecule is CC/C=C\C/C=C\C/C=C\C/C=C\CCCCCCCCC(=O)OC(/C=C\C/C=C\C/C=C\CC)CCCCCCCCC(=O)O. The summed E-state index contributed by atoms with van der Waals surface area (Å²) in [5, 5.41) is 8.76. The molecule has 0 aliphatic rings. The molecule has 0 bridgehead atoms. The third-order valence-corrected chi connectivity index (χ3v) is 7.60. The Kier molecular flexibility index (Phi) is 34.3. The van der Waals surface area contributed by atoms with Gasteiger partial charge in [0.2, 0.25) is 0 Å². The van der Waals surface area contributed by atoms with Crippen molar-refractivity contribution >= 4 is 11.9 Å². The lowest BCUT2D eigenvalue weighted by atomic mass is 10.1. The molecule has 0 aromatic rings. The smallest absolute Gasteiger partial charge is 0.306 e. The van der Waals surface area contributed by atoms with E-state index in [2.05, 4.69) is 98.9 Å². The minimum absolute atomic E-state index is 0.0806. The second-order valence-corrected chi connectivity index (χ2v) is 12.0. The second-order valence-electron chi connectivity index (χ2n) is 12.0. The Labute approximate surface area is 283 Å². The molecule has 0 aliphatic carbocycles. The van der Waals surface area contributed by atoms with Crippen molar-refractivity contribution < 1.29 is 19.4 Å². The normalized spacial score (nSPS) is 13.3. The van der Waals surface area contributed by atoms with E-state index in [0.717, 1.165) is 109 Å². The monoisotopic (exact) mass is 637 g/mol. The zero-order chi connectivity index (χ0) is 33.6. The predicted molar refractivity (Wildman–Crippen MR) is 199 cm³/mol. The molecule has 0 saturated carbocycles. The van der Waals surface area contributed by atoms with Gasteiger partial charge in [0, 0.05) is 12.8 Å². The number of ether oxygens (including phenoxy) is 1. The van der Waals surface area contributed by atoms with Crippen LogP contribution < -0.4 is 0 Å². The molecule has 0 fully saturated rings. The van der Waals surface area contributed by atoms with E-state index in [1.807, 2.05) is 0 Å². The molecule has 46 heavy (non-hydrogen) atoms. The predicted octanol–water partition coefficient (Wildman–Crippen LogP) is 12.9. The lowest BCUT2D eigenvalue weighted by Gasteiger charge is -2.14. The molecule has 0 aliphatic heterocycles. The number of allylic oxidation sites excluding steroid dienone is 13. The summed E-state index contributed by atoms with van der Waals surface area (Å²) < 4.78 is 5.87. The zero-order valence-corrected chi connectivity index (χ0v) is 29.6. The van der Waals surface area contributed by atoms with Gasteiger partial charge in [-0.15, -0.1) is 0 Å². The van der Waals surface area contributed by atoms with E-state index in [0.29, 0.717) is 6.42 Å². The van der Waals surface area contributed by atoms with Crippen LogP contribution in [0.5, 0.6) is 0 Å². The van der Waals surface area contributed by atoms with E-state index in [1.54, 1.807) is 0 Å². The van der Waals surface area contributed by atoms with Crippen LogP contribution in [0.3, 0.4) is 0 Å². The molecular formula is C42H68O4. The fraction of sp³-hybridized carbons (Fsp3) is 0.619. The van der Waals surface area contributed by atoms with Gasteiger partial charge in [-0.2, -0.15) is 0 Å². The first-order valence-electron chi connectivity index (χ1n) is 18.6. The average molecular weight is 637 g/mol. The van der Waals surface area contributed by atoms with E-state index in [-0.39, 0.29) is 18.5 Å². The Hall–Kier alpha value is -2.88. The van der Waals surface area contributed by atoms with Crippen molar-refractivity contribution in [2.75, 3.05) is 0 Å². The average Bonchev–Trinajstić information content (AvgIpc) is 3.04. The summed E-state index contributed by atoms with van der Waals surface area (Å²) in [7, 11) is 0. The number of carbonyl (C=O) groups excluding carboxylic acids is 1. The van der Waals surface area contributed by atoms with Crippen molar-refractivity contribution in [2.45, 2.75) is 168 Å². The molecule has 4 nitrogen and oxygen atoms in total. The largest absolute Gasteiger partial charge is 0.481 e. The molecule has 4 heteroatoms. The molecule has 0 rings (SSSR count). The summed E-state index contributed by atoms with van der Waals surface area (Å²) in [5.74, 6) is -0.792. The zero-order valence-electron chi connectivity index (χ0n) is 29.6. The van der Waals surface area contributed by atoms with Crippen LogP contribution in [-0.4, -0.2) is 23.1 Å². The topological polar surface area (TPSA) is 63.6 Å². The van der Waals surface area contributed by atoms with Gasteiger partial charge in [-0.3, -0.25) is 9.59 Å². The highest BCUT2D eigenvalue weighted by atomic mass is 16.5. The first kappa shape index (κ1) is 43.1. The van der Waals surface area contributed by atoms with Crippen LogP contribution in [0.2, 0.25) is 0 Å². The van der Waals surface area contributed by atoms with Crippen LogP contribution in [0.1, 0.15) is 162 Å². The van der Waals surface area contributed by atoms with E-state index in [4.69, 9.17) is 9.84 Å². The van der Waals surface area contributed by atoms with E-state index in [1.165, 1.54) is 25.7 Å². The molecule has 0 amide bonds.